The minimum Gasteiger partial charge on any atom is -0.395 e. The van der Waals surface area contributed by atoms with Crippen molar-refractivity contribution in [2.75, 3.05) is 19.4 Å². The number of rotatable bonds is 5. The minimum absolute atomic E-state index is 0.0208. The molecule has 17 heavy (non-hydrogen) atoms. The van der Waals surface area contributed by atoms with Crippen molar-refractivity contribution in [1.82, 2.24) is 10.2 Å². The van der Waals surface area contributed by atoms with E-state index in [0.717, 1.165) is 19.3 Å². The quantitative estimate of drug-likeness (QED) is 0.784. The van der Waals surface area contributed by atoms with Gasteiger partial charge in [0.25, 0.3) is 0 Å². The Kier molecular flexibility index (Phi) is 4.56. The smallest absolute Gasteiger partial charge is 0.317 e. The fourth-order valence-electron chi connectivity index (χ4n) is 2.56. The van der Waals surface area contributed by atoms with Gasteiger partial charge in [0.15, 0.2) is 0 Å². The van der Waals surface area contributed by atoms with E-state index in [1.807, 2.05) is 11.8 Å². The highest BCUT2D eigenvalue weighted by Gasteiger charge is 2.35. The van der Waals surface area contributed by atoms with E-state index in [1.54, 1.807) is 4.90 Å². The molecule has 2 rings (SSSR count). The minimum atomic E-state index is 0.0208. The van der Waals surface area contributed by atoms with Gasteiger partial charge in [0, 0.05) is 23.9 Å². The third kappa shape index (κ3) is 3.28. The molecule has 0 aromatic heterocycles. The molecule has 2 fully saturated rings. The number of aliphatic hydroxyl groups excluding tert-OH is 1. The molecule has 2 atom stereocenters. The summed E-state index contributed by atoms with van der Waals surface area (Å²) in [4.78, 5) is 13.9. The number of urea groups is 1. The maximum Gasteiger partial charge on any atom is 0.317 e. The number of amides is 2. The first-order valence-electron chi connectivity index (χ1n) is 6.47. The molecular formula is C12H22N2O2S. The van der Waals surface area contributed by atoms with Gasteiger partial charge in [-0.15, -0.1) is 0 Å². The Hall–Kier alpha value is -0.420. The van der Waals surface area contributed by atoms with Gasteiger partial charge in [-0.25, -0.2) is 4.79 Å². The highest BCUT2D eigenvalue weighted by molar-refractivity contribution is 7.99. The standard InChI is InChI=1S/C12H22N2O2S/c1-17-11-4-2-3-10(11)13-12(16)14(7-8-15)9-5-6-9/h9-11,15H,2-8H2,1H3,(H,13,16). The van der Waals surface area contributed by atoms with E-state index in [1.165, 1.54) is 12.8 Å². The van der Waals surface area contributed by atoms with Gasteiger partial charge in [0.2, 0.25) is 0 Å². The molecule has 0 aromatic carbocycles. The number of aliphatic hydroxyl groups is 1. The van der Waals surface area contributed by atoms with Crippen LogP contribution in [-0.2, 0) is 0 Å². The number of carbonyl (C=O) groups excluding carboxylic acids is 1. The molecular weight excluding hydrogens is 236 g/mol. The van der Waals surface area contributed by atoms with Gasteiger partial charge in [-0.2, -0.15) is 11.8 Å². The van der Waals surface area contributed by atoms with Crippen LogP contribution < -0.4 is 5.32 Å². The SMILES string of the molecule is CSC1CCCC1NC(=O)N(CCO)C1CC1. The maximum absolute atomic E-state index is 12.1. The summed E-state index contributed by atoms with van der Waals surface area (Å²) < 4.78 is 0. The van der Waals surface area contributed by atoms with Crippen LogP contribution in [0.15, 0.2) is 0 Å². The number of thioether (sulfide) groups is 1. The third-order valence-electron chi connectivity index (χ3n) is 3.65. The van der Waals surface area contributed by atoms with Gasteiger partial charge < -0.3 is 15.3 Å². The predicted octanol–water partition coefficient (Wildman–Crippen LogP) is 1.44. The van der Waals surface area contributed by atoms with Crippen molar-refractivity contribution in [2.45, 2.75) is 49.4 Å². The lowest BCUT2D eigenvalue weighted by atomic mass is 10.2. The average molecular weight is 258 g/mol. The van der Waals surface area contributed by atoms with Gasteiger partial charge in [-0.1, -0.05) is 6.42 Å². The number of nitrogens with one attached hydrogen (secondary N) is 1. The zero-order chi connectivity index (χ0) is 12.3. The van der Waals surface area contributed by atoms with Crippen LogP contribution in [0.3, 0.4) is 0 Å². The van der Waals surface area contributed by atoms with Crippen molar-refractivity contribution >= 4 is 17.8 Å². The summed E-state index contributed by atoms with van der Waals surface area (Å²) in [5.41, 5.74) is 0. The van der Waals surface area contributed by atoms with Crippen molar-refractivity contribution in [3.63, 3.8) is 0 Å². The molecule has 0 spiro atoms. The predicted molar refractivity (Wildman–Crippen MR) is 70.3 cm³/mol. The van der Waals surface area contributed by atoms with E-state index >= 15 is 0 Å². The van der Waals surface area contributed by atoms with Crippen LogP contribution in [0.2, 0.25) is 0 Å². The Morgan fingerprint density at radius 1 is 1.41 bits per heavy atom. The monoisotopic (exact) mass is 258 g/mol. The average Bonchev–Trinajstić information content (AvgIpc) is 3.06. The van der Waals surface area contributed by atoms with Crippen molar-refractivity contribution < 1.29 is 9.90 Å². The first-order chi connectivity index (χ1) is 8.26. The number of nitrogens with zero attached hydrogens (tertiary/aromatic N) is 1. The summed E-state index contributed by atoms with van der Waals surface area (Å²) >= 11 is 1.85. The van der Waals surface area contributed by atoms with Crippen molar-refractivity contribution in [3.05, 3.63) is 0 Å². The Morgan fingerprint density at radius 3 is 2.76 bits per heavy atom. The molecule has 2 N–H and O–H groups in total. The lowest BCUT2D eigenvalue weighted by Gasteiger charge is -2.26. The molecule has 2 saturated carbocycles. The van der Waals surface area contributed by atoms with Crippen LogP contribution >= 0.6 is 11.8 Å². The van der Waals surface area contributed by atoms with Gasteiger partial charge >= 0.3 is 6.03 Å². The summed E-state index contributed by atoms with van der Waals surface area (Å²) in [5, 5.41) is 12.7. The Balaban J connectivity index is 1.85. The van der Waals surface area contributed by atoms with E-state index in [2.05, 4.69) is 11.6 Å². The molecule has 0 saturated heterocycles. The number of hydrogen-bond donors (Lipinski definition) is 2. The lowest BCUT2D eigenvalue weighted by Crippen LogP contribution is -2.48. The van der Waals surface area contributed by atoms with Crippen LogP contribution in [0.5, 0.6) is 0 Å². The fraction of sp³-hybridized carbons (Fsp3) is 0.917. The molecule has 2 aliphatic carbocycles. The maximum atomic E-state index is 12.1. The first kappa shape index (κ1) is 13.0. The van der Waals surface area contributed by atoms with E-state index < -0.39 is 0 Å². The second kappa shape index (κ2) is 5.96. The summed E-state index contributed by atoms with van der Waals surface area (Å²) in [7, 11) is 0. The first-order valence-corrected chi connectivity index (χ1v) is 7.76. The van der Waals surface area contributed by atoms with Crippen LogP contribution in [0.25, 0.3) is 0 Å². The van der Waals surface area contributed by atoms with Crippen LogP contribution in [-0.4, -0.2) is 52.8 Å². The van der Waals surface area contributed by atoms with E-state index in [9.17, 15) is 4.79 Å². The second-order valence-corrected chi connectivity index (χ2v) is 5.99. The largest absolute Gasteiger partial charge is 0.395 e. The molecule has 98 valence electrons. The van der Waals surface area contributed by atoms with Gasteiger partial charge in [-0.05, 0) is 31.9 Å². The molecule has 0 bridgehead atoms. The van der Waals surface area contributed by atoms with Crippen LogP contribution in [0, 0.1) is 0 Å². The zero-order valence-electron chi connectivity index (χ0n) is 10.4. The molecule has 0 radical (unpaired) electrons. The summed E-state index contributed by atoms with van der Waals surface area (Å²) in [6, 6.07) is 0.709. The Morgan fingerprint density at radius 2 is 2.18 bits per heavy atom. The zero-order valence-corrected chi connectivity index (χ0v) is 11.2. The second-order valence-electron chi connectivity index (χ2n) is 4.91. The van der Waals surface area contributed by atoms with Crippen molar-refractivity contribution in [2.24, 2.45) is 0 Å². The normalized spacial score (nSPS) is 28.1. The van der Waals surface area contributed by atoms with Crippen LogP contribution in [0.1, 0.15) is 32.1 Å². The number of carbonyl (C=O) groups is 1. The van der Waals surface area contributed by atoms with E-state index in [0.29, 0.717) is 23.9 Å². The third-order valence-corrected chi connectivity index (χ3v) is 4.82. The van der Waals surface area contributed by atoms with Gasteiger partial charge in [-0.3, -0.25) is 0 Å². The molecule has 4 nitrogen and oxygen atoms in total. The fourth-order valence-corrected chi connectivity index (χ4v) is 3.49. The molecule has 0 aromatic rings. The Labute approximate surface area is 107 Å². The highest BCUT2D eigenvalue weighted by Crippen LogP contribution is 2.30. The van der Waals surface area contributed by atoms with Crippen molar-refractivity contribution in [3.8, 4) is 0 Å². The number of hydrogen-bond acceptors (Lipinski definition) is 3. The molecule has 2 aliphatic rings. The molecule has 5 heteroatoms. The summed E-state index contributed by atoms with van der Waals surface area (Å²) in [6.45, 7) is 0.522. The summed E-state index contributed by atoms with van der Waals surface area (Å²) in [6.07, 6.45) is 7.79. The summed E-state index contributed by atoms with van der Waals surface area (Å²) in [5.74, 6) is 0. The molecule has 2 unspecified atom stereocenters. The molecule has 0 aliphatic heterocycles. The molecule has 2 amide bonds. The van der Waals surface area contributed by atoms with E-state index in [4.69, 9.17) is 5.11 Å². The van der Waals surface area contributed by atoms with Gasteiger partial charge in [0.1, 0.15) is 0 Å². The topological polar surface area (TPSA) is 52.6 Å². The molecule has 0 heterocycles. The van der Waals surface area contributed by atoms with Gasteiger partial charge in [0.05, 0.1) is 6.61 Å². The lowest BCUT2D eigenvalue weighted by molar-refractivity contribution is 0.171. The highest BCUT2D eigenvalue weighted by atomic mass is 32.2. The van der Waals surface area contributed by atoms with Crippen molar-refractivity contribution in [1.29, 1.82) is 0 Å². The Bertz CT molecular complexity index is 271. The van der Waals surface area contributed by atoms with Crippen LogP contribution in [0.4, 0.5) is 4.79 Å². The van der Waals surface area contributed by atoms with E-state index in [-0.39, 0.29) is 12.6 Å².